The molecule has 0 radical (unpaired) electrons. The number of rotatable bonds is 1. The predicted molar refractivity (Wildman–Crippen MR) is 74.8 cm³/mol. The molecule has 1 unspecified atom stereocenters. The van der Waals surface area contributed by atoms with Gasteiger partial charge in [-0.2, -0.15) is 0 Å². The summed E-state index contributed by atoms with van der Waals surface area (Å²) in [6, 6.07) is 8.43. The molecule has 2 aromatic rings. The molecule has 88 valence electrons. The van der Waals surface area contributed by atoms with Crippen molar-refractivity contribution in [3.63, 3.8) is 0 Å². The maximum absolute atomic E-state index is 6.55. The molecule has 0 bridgehead atoms. The summed E-state index contributed by atoms with van der Waals surface area (Å²) >= 11 is 1.75. The number of hydrogen-bond acceptors (Lipinski definition) is 3. The van der Waals surface area contributed by atoms with Gasteiger partial charge in [0.1, 0.15) is 0 Å². The largest absolute Gasteiger partial charge is 0.398 e. The Labute approximate surface area is 105 Å². The van der Waals surface area contributed by atoms with Crippen LogP contribution in [-0.2, 0) is 5.54 Å². The second-order valence-corrected chi connectivity index (χ2v) is 5.73. The van der Waals surface area contributed by atoms with Crippen LogP contribution in [0.25, 0.3) is 15.8 Å². The molecular weight excluding hydrogens is 228 g/mol. The topological polar surface area (TPSA) is 52.0 Å². The van der Waals surface area contributed by atoms with Crippen molar-refractivity contribution in [1.82, 2.24) is 0 Å². The van der Waals surface area contributed by atoms with E-state index in [1.807, 2.05) is 0 Å². The molecule has 0 aliphatic heterocycles. The summed E-state index contributed by atoms with van der Waals surface area (Å²) in [4.78, 5) is 1.17. The predicted octanol–water partition coefficient (Wildman–Crippen LogP) is 3.17. The molecule has 2 nitrogen and oxygen atoms in total. The fraction of sp³-hybridized carbons (Fsp3) is 0.286. The van der Waals surface area contributed by atoms with Gasteiger partial charge in [-0.25, -0.2) is 0 Å². The van der Waals surface area contributed by atoms with Crippen LogP contribution in [0, 0.1) is 0 Å². The van der Waals surface area contributed by atoms with Gasteiger partial charge in [-0.3, -0.25) is 0 Å². The first-order valence-corrected chi connectivity index (χ1v) is 6.74. The van der Waals surface area contributed by atoms with Crippen LogP contribution >= 0.6 is 11.3 Å². The van der Waals surface area contributed by atoms with Crippen molar-refractivity contribution < 1.29 is 0 Å². The highest BCUT2D eigenvalue weighted by atomic mass is 32.1. The molecule has 1 aliphatic rings. The van der Waals surface area contributed by atoms with Crippen LogP contribution in [-0.4, -0.2) is 0 Å². The Balaban J connectivity index is 2.39. The van der Waals surface area contributed by atoms with Crippen molar-refractivity contribution in [3.8, 4) is 0 Å². The number of fused-ring (bicyclic) bond motifs is 3. The van der Waals surface area contributed by atoms with E-state index in [2.05, 4.69) is 37.3 Å². The molecular formula is C14H16N2S. The zero-order valence-corrected chi connectivity index (χ0v) is 10.7. The Bertz CT molecular complexity index is 612. The molecule has 1 aromatic carbocycles. The maximum Gasteiger partial charge on any atom is 0.0559 e. The highest BCUT2D eigenvalue weighted by Gasteiger charge is 2.34. The third-order valence-electron chi connectivity index (χ3n) is 3.67. The molecule has 0 spiro atoms. The quantitative estimate of drug-likeness (QED) is 0.809. The summed E-state index contributed by atoms with van der Waals surface area (Å²) in [5.74, 6) is 0. The first-order chi connectivity index (χ1) is 8.15. The fourth-order valence-corrected chi connectivity index (χ4v) is 3.81. The zero-order chi connectivity index (χ0) is 12.0. The number of benzene rings is 1. The van der Waals surface area contributed by atoms with E-state index in [4.69, 9.17) is 11.5 Å². The molecule has 1 atom stereocenters. The molecule has 0 fully saturated rings. The standard InChI is InChI=1S/C14H16N2S/c1-2-14(16)8-7-10(15)13-12(14)9-5-3-4-6-11(9)17-13/h3-7H,2,8,15-16H2,1H3. The molecule has 3 rings (SSSR count). The van der Waals surface area contributed by atoms with Crippen LogP contribution in [0.15, 0.2) is 30.3 Å². The van der Waals surface area contributed by atoms with E-state index < -0.39 is 0 Å². The summed E-state index contributed by atoms with van der Waals surface area (Å²) in [7, 11) is 0. The lowest BCUT2D eigenvalue weighted by molar-refractivity contribution is 0.433. The second kappa shape index (κ2) is 3.59. The molecule has 4 N–H and O–H groups in total. The van der Waals surface area contributed by atoms with E-state index in [0.29, 0.717) is 0 Å². The van der Waals surface area contributed by atoms with Crippen LogP contribution < -0.4 is 11.5 Å². The average molecular weight is 244 g/mol. The molecule has 1 heterocycles. The average Bonchev–Trinajstić information content (AvgIpc) is 2.75. The van der Waals surface area contributed by atoms with Crippen molar-refractivity contribution in [1.29, 1.82) is 0 Å². The van der Waals surface area contributed by atoms with Crippen LogP contribution in [0.2, 0.25) is 0 Å². The molecule has 1 aromatic heterocycles. The van der Waals surface area contributed by atoms with Gasteiger partial charge in [0, 0.05) is 21.5 Å². The van der Waals surface area contributed by atoms with Gasteiger partial charge in [-0.1, -0.05) is 31.2 Å². The lowest BCUT2D eigenvalue weighted by Gasteiger charge is -2.31. The van der Waals surface area contributed by atoms with E-state index >= 15 is 0 Å². The van der Waals surface area contributed by atoms with Crippen LogP contribution in [0.1, 0.15) is 30.2 Å². The molecule has 17 heavy (non-hydrogen) atoms. The Kier molecular flexibility index (Phi) is 2.28. The van der Waals surface area contributed by atoms with E-state index in [0.717, 1.165) is 18.5 Å². The van der Waals surface area contributed by atoms with Gasteiger partial charge in [-0.05, 0) is 24.3 Å². The Hall–Kier alpha value is -1.32. The van der Waals surface area contributed by atoms with Gasteiger partial charge in [0.15, 0.2) is 0 Å². The maximum atomic E-state index is 6.55. The summed E-state index contributed by atoms with van der Waals surface area (Å²) in [5, 5.41) is 1.27. The van der Waals surface area contributed by atoms with Crippen LogP contribution in [0.5, 0.6) is 0 Å². The van der Waals surface area contributed by atoms with Gasteiger partial charge in [0.2, 0.25) is 0 Å². The highest BCUT2D eigenvalue weighted by molar-refractivity contribution is 7.20. The highest BCUT2D eigenvalue weighted by Crippen LogP contribution is 2.45. The summed E-state index contributed by atoms with van der Waals surface area (Å²) in [6.07, 6.45) is 3.84. The smallest absolute Gasteiger partial charge is 0.0559 e. The summed E-state index contributed by atoms with van der Waals surface area (Å²) in [6.45, 7) is 2.14. The van der Waals surface area contributed by atoms with Crippen molar-refractivity contribution in [2.75, 3.05) is 0 Å². The number of nitrogens with two attached hydrogens (primary N) is 2. The fourth-order valence-electron chi connectivity index (χ4n) is 2.55. The monoisotopic (exact) mass is 244 g/mol. The normalized spacial score (nSPS) is 23.5. The number of hydrogen-bond donors (Lipinski definition) is 2. The van der Waals surface area contributed by atoms with Crippen LogP contribution in [0.3, 0.4) is 0 Å². The zero-order valence-electron chi connectivity index (χ0n) is 9.86. The Morgan fingerprint density at radius 3 is 2.88 bits per heavy atom. The van der Waals surface area contributed by atoms with Gasteiger partial charge in [0.05, 0.1) is 4.88 Å². The van der Waals surface area contributed by atoms with E-state index in [1.54, 1.807) is 11.3 Å². The molecule has 0 amide bonds. The van der Waals surface area contributed by atoms with Crippen molar-refractivity contribution in [2.45, 2.75) is 25.3 Å². The molecule has 1 aliphatic carbocycles. The second-order valence-electron chi connectivity index (χ2n) is 4.68. The van der Waals surface area contributed by atoms with Crippen LogP contribution in [0.4, 0.5) is 0 Å². The van der Waals surface area contributed by atoms with Crippen molar-refractivity contribution in [2.24, 2.45) is 11.5 Å². The minimum absolute atomic E-state index is 0.252. The molecule has 0 saturated heterocycles. The third kappa shape index (κ3) is 1.43. The lowest BCUT2D eigenvalue weighted by Crippen LogP contribution is -2.38. The first-order valence-electron chi connectivity index (χ1n) is 5.92. The summed E-state index contributed by atoms with van der Waals surface area (Å²) < 4.78 is 1.28. The SMILES string of the molecule is CCC1(N)CC=C(N)c2sc3ccccc3c21. The van der Waals surface area contributed by atoms with E-state index in [-0.39, 0.29) is 5.54 Å². The van der Waals surface area contributed by atoms with E-state index in [9.17, 15) is 0 Å². The summed E-state index contributed by atoms with van der Waals surface area (Å²) in [5.41, 5.74) is 14.5. The minimum Gasteiger partial charge on any atom is -0.398 e. The van der Waals surface area contributed by atoms with Crippen molar-refractivity contribution >= 4 is 27.1 Å². The van der Waals surface area contributed by atoms with Crippen molar-refractivity contribution in [3.05, 3.63) is 40.8 Å². The van der Waals surface area contributed by atoms with Gasteiger partial charge < -0.3 is 11.5 Å². The van der Waals surface area contributed by atoms with Gasteiger partial charge in [0.25, 0.3) is 0 Å². The Morgan fingerprint density at radius 2 is 2.12 bits per heavy atom. The lowest BCUT2D eigenvalue weighted by atomic mass is 9.80. The third-order valence-corrected chi connectivity index (χ3v) is 4.89. The Morgan fingerprint density at radius 1 is 1.35 bits per heavy atom. The minimum atomic E-state index is -0.252. The number of thiophene rings is 1. The molecule has 0 saturated carbocycles. The molecule has 3 heteroatoms. The van der Waals surface area contributed by atoms with E-state index in [1.165, 1.54) is 20.5 Å². The first kappa shape index (κ1) is 10.8. The van der Waals surface area contributed by atoms with Gasteiger partial charge >= 0.3 is 0 Å². The van der Waals surface area contributed by atoms with Gasteiger partial charge in [-0.15, -0.1) is 11.3 Å².